The maximum absolute atomic E-state index is 12.3. The number of benzene rings is 2. The van der Waals surface area contributed by atoms with Crippen molar-refractivity contribution >= 4 is 44.2 Å². The molecule has 0 unspecified atom stereocenters. The van der Waals surface area contributed by atoms with Crippen molar-refractivity contribution in [2.24, 2.45) is 0 Å². The lowest BCUT2D eigenvalue weighted by Crippen LogP contribution is -2.12. The SMILES string of the molecule is COc1ccc(NC(=O)c2cc3cc(Br)ccc3o2)c([N+](=O)[O-])c1. The van der Waals surface area contributed by atoms with E-state index in [0.29, 0.717) is 11.3 Å². The zero-order chi connectivity index (χ0) is 17.3. The third-order valence-electron chi connectivity index (χ3n) is 3.35. The molecule has 122 valence electrons. The lowest BCUT2D eigenvalue weighted by atomic mass is 10.2. The molecule has 0 bridgehead atoms. The Morgan fingerprint density at radius 3 is 2.75 bits per heavy atom. The van der Waals surface area contributed by atoms with Crippen LogP contribution in [0.25, 0.3) is 11.0 Å². The fourth-order valence-corrected chi connectivity index (χ4v) is 2.58. The first-order valence-corrected chi connectivity index (χ1v) is 7.60. The molecule has 0 aliphatic heterocycles. The van der Waals surface area contributed by atoms with Gasteiger partial charge in [-0.05, 0) is 36.4 Å². The Labute approximate surface area is 144 Å². The number of hydrogen-bond acceptors (Lipinski definition) is 5. The fourth-order valence-electron chi connectivity index (χ4n) is 2.21. The summed E-state index contributed by atoms with van der Waals surface area (Å²) in [6.45, 7) is 0. The highest BCUT2D eigenvalue weighted by Crippen LogP contribution is 2.30. The number of carbonyl (C=O) groups is 1. The first-order valence-electron chi connectivity index (χ1n) is 6.81. The molecule has 0 spiro atoms. The van der Waals surface area contributed by atoms with E-state index in [1.807, 2.05) is 6.07 Å². The molecule has 0 saturated heterocycles. The second-order valence-corrected chi connectivity index (χ2v) is 5.80. The van der Waals surface area contributed by atoms with Crippen molar-refractivity contribution in [1.82, 2.24) is 0 Å². The van der Waals surface area contributed by atoms with Crippen molar-refractivity contribution in [3.05, 3.63) is 62.8 Å². The van der Waals surface area contributed by atoms with E-state index in [0.717, 1.165) is 9.86 Å². The highest BCUT2D eigenvalue weighted by Gasteiger charge is 2.20. The maximum atomic E-state index is 12.3. The fraction of sp³-hybridized carbons (Fsp3) is 0.0625. The van der Waals surface area contributed by atoms with Crippen LogP contribution in [-0.2, 0) is 0 Å². The molecule has 24 heavy (non-hydrogen) atoms. The number of hydrogen-bond donors (Lipinski definition) is 1. The number of nitro groups is 1. The molecule has 0 atom stereocenters. The van der Waals surface area contributed by atoms with Crippen molar-refractivity contribution in [3.63, 3.8) is 0 Å². The molecule has 1 amide bonds. The van der Waals surface area contributed by atoms with Gasteiger partial charge in [-0.15, -0.1) is 0 Å². The Kier molecular flexibility index (Phi) is 4.22. The van der Waals surface area contributed by atoms with Gasteiger partial charge in [0.25, 0.3) is 11.6 Å². The topological polar surface area (TPSA) is 94.6 Å². The molecule has 8 heteroatoms. The Bertz CT molecular complexity index is 951. The van der Waals surface area contributed by atoms with E-state index in [1.165, 1.54) is 25.3 Å². The molecule has 1 aromatic heterocycles. The van der Waals surface area contributed by atoms with Crippen LogP contribution >= 0.6 is 15.9 Å². The molecule has 3 rings (SSSR count). The van der Waals surface area contributed by atoms with E-state index in [2.05, 4.69) is 21.2 Å². The lowest BCUT2D eigenvalue weighted by Gasteiger charge is -2.06. The van der Waals surface area contributed by atoms with E-state index in [4.69, 9.17) is 9.15 Å². The number of furan rings is 1. The molecule has 0 fully saturated rings. The normalized spacial score (nSPS) is 10.6. The number of fused-ring (bicyclic) bond motifs is 1. The van der Waals surface area contributed by atoms with Crippen molar-refractivity contribution < 1.29 is 18.9 Å². The molecule has 0 radical (unpaired) electrons. The third kappa shape index (κ3) is 3.09. The molecular weight excluding hydrogens is 380 g/mol. The largest absolute Gasteiger partial charge is 0.496 e. The molecule has 0 saturated carbocycles. The molecule has 1 N–H and O–H groups in total. The van der Waals surface area contributed by atoms with Crippen LogP contribution in [0.5, 0.6) is 5.75 Å². The molecule has 7 nitrogen and oxygen atoms in total. The van der Waals surface area contributed by atoms with Crippen LogP contribution in [0.4, 0.5) is 11.4 Å². The number of halogens is 1. The predicted octanol–water partition coefficient (Wildman–Crippen LogP) is 4.36. The van der Waals surface area contributed by atoms with Gasteiger partial charge in [0.15, 0.2) is 5.76 Å². The lowest BCUT2D eigenvalue weighted by molar-refractivity contribution is -0.384. The number of anilines is 1. The summed E-state index contributed by atoms with van der Waals surface area (Å²) in [4.78, 5) is 22.9. The standard InChI is InChI=1S/C16H11BrN2O5/c1-23-11-3-4-12(13(8-11)19(21)22)18-16(20)15-7-9-6-10(17)2-5-14(9)24-15/h2-8H,1H3,(H,18,20). The Balaban J connectivity index is 1.92. The second kappa shape index (κ2) is 6.32. The van der Waals surface area contributed by atoms with Crippen LogP contribution < -0.4 is 10.1 Å². The highest BCUT2D eigenvalue weighted by atomic mass is 79.9. The molecule has 1 heterocycles. The number of carbonyl (C=O) groups excluding carboxylic acids is 1. The van der Waals surface area contributed by atoms with Gasteiger partial charge in [-0.25, -0.2) is 0 Å². The minimum Gasteiger partial charge on any atom is -0.496 e. The molecule has 0 aliphatic rings. The van der Waals surface area contributed by atoms with E-state index in [-0.39, 0.29) is 17.1 Å². The smallest absolute Gasteiger partial charge is 0.296 e. The van der Waals surface area contributed by atoms with Gasteiger partial charge in [-0.2, -0.15) is 0 Å². The van der Waals surface area contributed by atoms with Gasteiger partial charge in [0.1, 0.15) is 17.0 Å². The first kappa shape index (κ1) is 16.0. The van der Waals surface area contributed by atoms with Crippen LogP contribution in [-0.4, -0.2) is 17.9 Å². The second-order valence-electron chi connectivity index (χ2n) is 4.89. The van der Waals surface area contributed by atoms with E-state index in [1.54, 1.807) is 18.2 Å². The van der Waals surface area contributed by atoms with E-state index < -0.39 is 10.8 Å². The first-order chi connectivity index (χ1) is 11.5. The molecule has 3 aromatic rings. The Morgan fingerprint density at radius 1 is 1.25 bits per heavy atom. The van der Waals surface area contributed by atoms with Crippen molar-refractivity contribution in [3.8, 4) is 5.75 Å². The third-order valence-corrected chi connectivity index (χ3v) is 3.85. The zero-order valence-corrected chi connectivity index (χ0v) is 14.0. The number of amides is 1. The number of methoxy groups -OCH3 is 1. The molecule has 2 aromatic carbocycles. The minimum absolute atomic E-state index is 0.0624. The number of nitrogens with zero attached hydrogens (tertiary/aromatic N) is 1. The minimum atomic E-state index is -0.589. The highest BCUT2D eigenvalue weighted by molar-refractivity contribution is 9.10. The maximum Gasteiger partial charge on any atom is 0.296 e. The van der Waals surface area contributed by atoms with Crippen LogP contribution in [0.3, 0.4) is 0 Å². The average Bonchev–Trinajstić information content (AvgIpc) is 2.98. The van der Waals surface area contributed by atoms with Crippen molar-refractivity contribution in [2.45, 2.75) is 0 Å². The average molecular weight is 391 g/mol. The summed E-state index contributed by atoms with van der Waals surface area (Å²) in [6, 6.07) is 11.1. The van der Waals surface area contributed by atoms with Gasteiger partial charge in [0, 0.05) is 9.86 Å². The Morgan fingerprint density at radius 2 is 2.04 bits per heavy atom. The van der Waals surface area contributed by atoms with Crippen molar-refractivity contribution in [2.75, 3.05) is 12.4 Å². The number of nitro benzene ring substituents is 1. The van der Waals surface area contributed by atoms with Crippen molar-refractivity contribution in [1.29, 1.82) is 0 Å². The van der Waals surface area contributed by atoms with Gasteiger partial charge >= 0.3 is 0 Å². The van der Waals surface area contributed by atoms with Gasteiger partial charge in [0.2, 0.25) is 0 Å². The van der Waals surface area contributed by atoms with Crippen LogP contribution in [0.15, 0.2) is 51.4 Å². The summed E-state index contributed by atoms with van der Waals surface area (Å²) >= 11 is 3.34. The molecule has 0 aliphatic carbocycles. The van der Waals surface area contributed by atoms with E-state index >= 15 is 0 Å². The summed E-state index contributed by atoms with van der Waals surface area (Å²) in [6.07, 6.45) is 0. The van der Waals surface area contributed by atoms with Gasteiger partial charge in [-0.1, -0.05) is 15.9 Å². The zero-order valence-electron chi connectivity index (χ0n) is 12.4. The van der Waals surface area contributed by atoms with Crippen LogP contribution in [0.2, 0.25) is 0 Å². The van der Waals surface area contributed by atoms with E-state index in [9.17, 15) is 14.9 Å². The summed E-state index contributed by atoms with van der Waals surface area (Å²) < 4.78 is 11.3. The van der Waals surface area contributed by atoms with Crippen LogP contribution in [0, 0.1) is 10.1 Å². The number of nitrogens with one attached hydrogen (secondary N) is 1. The van der Waals surface area contributed by atoms with Crippen LogP contribution in [0.1, 0.15) is 10.6 Å². The predicted molar refractivity (Wildman–Crippen MR) is 91.5 cm³/mol. The van der Waals surface area contributed by atoms with Gasteiger partial charge < -0.3 is 14.5 Å². The summed E-state index contributed by atoms with van der Waals surface area (Å²) in [5, 5.41) is 14.4. The number of rotatable bonds is 4. The van der Waals surface area contributed by atoms with Gasteiger partial charge in [0.05, 0.1) is 18.1 Å². The summed E-state index contributed by atoms with van der Waals surface area (Å²) in [7, 11) is 1.41. The van der Waals surface area contributed by atoms with Gasteiger partial charge in [-0.3, -0.25) is 14.9 Å². The monoisotopic (exact) mass is 390 g/mol. The quantitative estimate of drug-likeness (QED) is 0.527. The summed E-state index contributed by atoms with van der Waals surface area (Å²) in [5.41, 5.74) is 0.349. The molecular formula is C16H11BrN2O5. The summed E-state index contributed by atoms with van der Waals surface area (Å²) in [5.74, 6) is -0.183. The Hall–Kier alpha value is -2.87. The number of ether oxygens (including phenoxy) is 1.